The normalized spacial score (nSPS) is 21.6. The molecule has 3 nitrogen and oxygen atoms in total. The number of para-hydroxylation sites is 1. The molecule has 0 atom stereocenters. The number of carbonyl (C=O) groups excluding carboxylic acids is 1. The molecule has 1 heterocycles. The number of hydrogen-bond acceptors (Lipinski definition) is 2. The lowest BCUT2D eigenvalue weighted by atomic mass is 9.85. The van der Waals surface area contributed by atoms with Gasteiger partial charge in [-0.05, 0) is 31.4 Å². The minimum absolute atomic E-state index is 0.175. The van der Waals surface area contributed by atoms with Crippen molar-refractivity contribution in [2.75, 3.05) is 17.2 Å². The summed E-state index contributed by atoms with van der Waals surface area (Å²) in [6.07, 6.45) is 4.37. The van der Waals surface area contributed by atoms with Crippen LogP contribution in [0.15, 0.2) is 18.2 Å². The first-order valence-electron chi connectivity index (χ1n) is 6.36. The quantitative estimate of drug-likeness (QED) is 0.719. The van der Waals surface area contributed by atoms with Gasteiger partial charge in [-0.3, -0.25) is 4.79 Å². The molecule has 90 valence electrons. The molecule has 17 heavy (non-hydrogen) atoms. The van der Waals surface area contributed by atoms with E-state index in [2.05, 4.69) is 23.6 Å². The maximum atomic E-state index is 12.4. The standard InChI is InChI=1S/C14H18N2O/c1-10-5-4-6-11-12(10)15-9-14(13(17)16-11)7-2-3-8-14/h4-6,15H,2-3,7-9H2,1H3,(H,16,17). The fraction of sp³-hybridized carbons (Fsp3) is 0.500. The molecule has 3 heteroatoms. The molecule has 1 aliphatic heterocycles. The summed E-state index contributed by atoms with van der Waals surface area (Å²) in [5, 5.41) is 6.57. The Hall–Kier alpha value is -1.51. The maximum absolute atomic E-state index is 12.4. The first-order valence-corrected chi connectivity index (χ1v) is 6.36. The van der Waals surface area contributed by atoms with E-state index in [1.807, 2.05) is 12.1 Å². The van der Waals surface area contributed by atoms with Gasteiger partial charge in [0.15, 0.2) is 0 Å². The first kappa shape index (κ1) is 10.6. The van der Waals surface area contributed by atoms with E-state index in [4.69, 9.17) is 0 Å². The number of rotatable bonds is 0. The van der Waals surface area contributed by atoms with E-state index in [0.29, 0.717) is 0 Å². The van der Waals surface area contributed by atoms with Gasteiger partial charge in [0.1, 0.15) is 0 Å². The third-order valence-electron chi connectivity index (χ3n) is 4.17. The highest BCUT2D eigenvalue weighted by molar-refractivity contribution is 6.00. The highest BCUT2D eigenvalue weighted by atomic mass is 16.2. The van der Waals surface area contributed by atoms with E-state index in [1.165, 1.54) is 18.4 Å². The molecular formula is C14H18N2O. The van der Waals surface area contributed by atoms with Crippen LogP contribution in [0, 0.1) is 12.3 Å². The Morgan fingerprint density at radius 1 is 1.24 bits per heavy atom. The lowest BCUT2D eigenvalue weighted by Gasteiger charge is -2.24. The van der Waals surface area contributed by atoms with Gasteiger partial charge in [0.2, 0.25) is 5.91 Å². The van der Waals surface area contributed by atoms with Crippen molar-refractivity contribution in [3.8, 4) is 0 Å². The molecule has 0 unspecified atom stereocenters. The number of aryl methyl sites for hydroxylation is 1. The van der Waals surface area contributed by atoms with E-state index in [9.17, 15) is 4.79 Å². The highest BCUT2D eigenvalue weighted by Crippen LogP contribution is 2.42. The number of nitrogens with one attached hydrogen (secondary N) is 2. The van der Waals surface area contributed by atoms with Crippen molar-refractivity contribution in [3.63, 3.8) is 0 Å². The predicted octanol–water partition coefficient (Wildman–Crippen LogP) is 2.92. The molecule has 2 N–H and O–H groups in total. The Kier molecular flexibility index (Phi) is 2.35. The van der Waals surface area contributed by atoms with Crippen LogP contribution in [0.5, 0.6) is 0 Å². The van der Waals surface area contributed by atoms with Crippen molar-refractivity contribution in [3.05, 3.63) is 23.8 Å². The zero-order valence-electron chi connectivity index (χ0n) is 10.2. The van der Waals surface area contributed by atoms with Crippen LogP contribution >= 0.6 is 0 Å². The van der Waals surface area contributed by atoms with Gasteiger partial charge in [0.25, 0.3) is 0 Å². The molecule has 1 saturated carbocycles. The number of carbonyl (C=O) groups is 1. The highest BCUT2D eigenvalue weighted by Gasteiger charge is 2.42. The lowest BCUT2D eigenvalue weighted by Crippen LogP contribution is -2.37. The van der Waals surface area contributed by atoms with Crippen LogP contribution in [-0.2, 0) is 4.79 Å². The lowest BCUT2D eigenvalue weighted by molar-refractivity contribution is -0.124. The summed E-state index contributed by atoms with van der Waals surface area (Å²) in [4.78, 5) is 12.4. The summed E-state index contributed by atoms with van der Waals surface area (Å²) in [7, 11) is 0. The molecular weight excluding hydrogens is 212 g/mol. The van der Waals surface area contributed by atoms with Crippen LogP contribution in [0.4, 0.5) is 11.4 Å². The van der Waals surface area contributed by atoms with Crippen LogP contribution in [-0.4, -0.2) is 12.5 Å². The molecule has 3 rings (SSSR count). The first-order chi connectivity index (χ1) is 8.21. The fourth-order valence-corrected chi connectivity index (χ4v) is 3.05. The number of hydrogen-bond donors (Lipinski definition) is 2. The van der Waals surface area contributed by atoms with Gasteiger partial charge in [-0.15, -0.1) is 0 Å². The van der Waals surface area contributed by atoms with E-state index >= 15 is 0 Å². The number of amides is 1. The Morgan fingerprint density at radius 2 is 2.00 bits per heavy atom. The molecule has 0 bridgehead atoms. The fourth-order valence-electron chi connectivity index (χ4n) is 3.05. The number of fused-ring (bicyclic) bond motifs is 1. The van der Waals surface area contributed by atoms with Crippen LogP contribution in [0.1, 0.15) is 31.2 Å². The molecule has 1 spiro atoms. The average Bonchev–Trinajstić information content (AvgIpc) is 2.72. The van der Waals surface area contributed by atoms with Gasteiger partial charge in [-0.2, -0.15) is 0 Å². The number of anilines is 2. The monoisotopic (exact) mass is 230 g/mol. The summed E-state index contributed by atoms with van der Waals surface area (Å²) >= 11 is 0. The molecule has 0 saturated heterocycles. The largest absolute Gasteiger partial charge is 0.382 e. The zero-order valence-corrected chi connectivity index (χ0v) is 10.2. The zero-order chi connectivity index (χ0) is 11.9. The maximum Gasteiger partial charge on any atom is 0.232 e. The van der Waals surface area contributed by atoms with Crippen molar-refractivity contribution in [2.45, 2.75) is 32.6 Å². The molecule has 2 aliphatic rings. The topological polar surface area (TPSA) is 41.1 Å². The van der Waals surface area contributed by atoms with Crippen LogP contribution in [0.2, 0.25) is 0 Å². The second-order valence-corrected chi connectivity index (χ2v) is 5.29. The van der Waals surface area contributed by atoms with Crippen molar-refractivity contribution in [2.24, 2.45) is 5.41 Å². The third kappa shape index (κ3) is 1.61. The Bertz CT molecular complexity index is 461. The van der Waals surface area contributed by atoms with Gasteiger partial charge in [0, 0.05) is 6.54 Å². The Balaban J connectivity index is 1.99. The van der Waals surface area contributed by atoms with Crippen molar-refractivity contribution in [1.29, 1.82) is 0 Å². The summed E-state index contributed by atoms with van der Waals surface area (Å²) < 4.78 is 0. The van der Waals surface area contributed by atoms with Crippen molar-refractivity contribution in [1.82, 2.24) is 0 Å². The Labute approximate surface area is 102 Å². The SMILES string of the molecule is Cc1cccc2c1NCC1(CCCC1)C(=O)N2. The molecule has 1 fully saturated rings. The van der Waals surface area contributed by atoms with E-state index in [1.54, 1.807) is 0 Å². The molecule has 1 aromatic rings. The van der Waals surface area contributed by atoms with E-state index in [0.717, 1.165) is 30.8 Å². The van der Waals surface area contributed by atoms with Gasteiger partial charge >= 0.3 is 0 Å². The van der Waals surface area contributed by atoms with E-state index < -0.39 is 0 Å². The smallest absolute Gasteiger partial charge is 0.232 e. The average molecular weight is 230 g/mol. The third-order valence-corrected chi connectivity index (χ3v) is 4.17. The van der Waals surface area contributed by atoms with Gasteiger partial charge < -0.3 is 10.6 Å². The minimum Gasteiger partial charge on any atom is -0.382 e. The number of benzene rings is 1. The minimum atomic E-state index is -0.175. The van der Waals surface area contributed by atoms with Gasteiger partial charge in [-0.1, -0.05) is 25.0 Å². The molecule has 0 aromatic heterocycles. The van der Waals surface area contributed by atoms with Crippen molar-refractivity contribution >= 4 is 17.3 Å². The second kappa shape index (κ2) is 3.76. The van der Waals surface area contributed by atoms with Crippen LogP contribution in [0.25, 0.3) is 0 Å². The molecule has 1 amide bonds. The predicted molar refractivity (Wildman–Crippen MR) is 69.2 cm³/mol. The van der Waals surface area contributed by atoms with Crippen LogP contribution in [0.3, 0.4) is 0 Å². The molecule has 0 radical (unpaired) electrons. The molecule has 1 aliphatic carbocycles. The Morgan fingerprint density at radius 3 is 2.76 bits per heavy atom. The van der Waals surface area contributed by atoms with Gasteiger partial charge in [-0.25, -0.2) is 0 Å². The van der Waals surface area contributed by atoms with E-state index in [-0.39, 0.29) is 11.3 Å². The summed E-state index contributed by atoms with van der Waals surface area (Å²) in [5.41, 5.74) is 3.03. The summed E-state index contributed by atoms with van der Waals surface area (Å²) in [5.74, 6) is 0.201. The summed E-state index contributed by atoms with van der Waals surface area (Å²) in [6, 6.07) is 6.04. The van der Waals surface area contributed by atoms with Crippen molar-refractivity contribution < 1.29 is 4.79 Å². The molecule has 1 aromatic carbocycles. The van der Waals surface area contributed by atoms with Gasteiger partial charge in [0.05, 0.1) is 16.8 Å². The van der Waals surface area contributed by atoms with Crippen LogP contribution < -0.4 is 10.6 Å². The summed E-state index contributed by atoms with van der Waals surface area (Å²) in [6.45, 7) is 2.85. The second-order valence-electron chi connectivity index (χ2n) is 5.29.